The highest BCUT2D eigenvalue weighted by Gasteiger charge is 2.11. The van der Waals surface area contributed by atoms with Crippen molar-refractivity contribution in [3.8, 4) is 11.3 Å². The average molecular weight is 201 g/mol. The minimum absolute atomic E-state index is 0.279. The van der Waals surface area contributed by atoms with Crippen molar-refractivity contribution >= 4 is 16.9 Å². The number of aromatic nitrogens is 2. The lowest BCUT2D eigenvalue weighted by Crippen LogP contribution is -1.78. The molecule has 2 aromatic heterocycles. The quantitative estimate of drug-likeness (QED) is 0.651. The Morgan fingerprint density at radius 2 is 2.13 bits per heavy atom. The normalized spacial score (nSPS) is 10.9. The van der Waals surface area contributed by atoms with Gasteiger partial charge in [0.1, 0.15) is 5.69 Å². The molecule has 3 rings (SSSR count). The minimum atomic E-state index is 0.279. The van der Waals surface area contributed by atoms with Gasteiger partial charge >= 0.3 is 0 Å². The largest absolute Gasteiger partial charge is 0.368 e. The minimum Gasteiger partial charge on any atom is -0.368 e. The maximum absolute atomic E-state index is 5.46. The van der Waals surface area contributed by atoms with Gasteiger partial charge in [-0.2, -0.15) is 0 Å². The maximum atomic E-state index is 5.46. The lowest BCUT2D eigenvalue weighted by Gasteiger charge is -1.94. The second-order valence-electron chi connectivity index (χ2n) is 3.16. The van der Waals surface area contributed by atoms with E-state index in [1.54, 1.807) is 12.3 Å². The fourth-order valence-corrected chi connectivity index (χ4v) is 1.51. The molecule has 0 saturated heterocycles. The van der Waals surface area contributed by atoms with E-state index in [9.17, 15) is 0 Å². The van der Waals surface area contributed by atoms with Crippen molar-refractivity contribution < 1.29 is 9.05 Å². The van der Waals surface area contributed by atoms with Crippen LogP contribution in [0.3, 0.4) is 0 Å². The predicted octanol–water partition coefficient (Wildman–Crippen LogP) is 2.06. The molecule has 0 fully saturated rings. The molecule has 5 nitrogen and oxygen atoms in total. The maximum Gasteiger partial charge on any atom is 0.222 e. The van der Waals surface area contributed by atoms with Gasteiger partial charge in [0.05, 0.1) is 6.20 Å². The highest BCUT2D eigenvalue weighted by molar-refractivity contribution is 5.90. The van der Waals surface area contributed by atoms with Crippen molar-refractivity contribution in [2.75, 3.05) is 5.73 Å². The molecule has 0 saturated carbocycles. The zero-order valence-corrected chi connectivity index (χ0v) is 7.68. The Morgan fingerprint density at radius 1 is 1.20 bits per heavy atom. The van der Waals surface area contributed by atoms with Crippen LogP contribution in [0.4, 0.5) is 5.88 Å². The molecule has 2 N–H and O–H groups in total. The summed E-state index contributed by atoms with van der Waals surface area (Å²) in [5.41, 5.74) is 7.62. The van der Waals surface area contributed by atoms with E-state index in [2.05, 4.69) is 10.3 Å². The first-order chi connectivity index (χ1) is 7.34. The molecule has 2 heterocycles. The highest BCUT2D eigenvalue weighted by atomic mass is 16.5. The SMILES string of the molecule is Nc1cc(-c2cccc3cnoc23)no1. The molecule has 3 aromatic rings. The van der Waals surface area contributed by atoms with E-state index in [0.29, 0.717) is 11.3 Å². The van der Waals surface area contributed by atoms with Crippen LogP contribution in [-0.4, -0.2) is 10.3 Å². The van der Waals surface area contributed by atoms with Gasteiger partial charge in [-0.25, -0.2) is 0 Å². The second-order valence-corrected chi connectivity index (χ2v) is 3.16. The van der Waals surface area contributed by atoms with Crippen LogP contribution in [0.15, 0.2) is 39.5 Å². The van der Waals surface area contributed by atoms with Gasteiger partial charge in [0.2, 0.25) is 5.88 Å². The number of nitrogens with two attached hydrogens (primary N) is 1. The molecule has 0 atom stereocenters. The molecular formula is C10H7N3O2. The molecule has 0 bridgehead atoms. The van der Waals surface area contributed by atoms with E-state index in [-0.39, 0.29) is 5.88 Å². The molecule has 74 valence electrons. The topological polar surface area (TPSA) is 78.1 Å². The number of nitrogens with zero attached hydrogens (tertiary/aromatic N) is 2. The number of anilines is 1. The number of benzene rings is 1. The van der Waals surface area contributed by atoms with Crippen molar-refractivity contribution in [1.29, 1.82) is 0 Å². The van der Waals surface area contributed by atoms with Gasteiger partial charge in [0.15, 0.2) is 5.58 Å². The Kier molecular flexibility index (Phi) is 1.53. The van der Waals surface area contributed by atoms with E-state index in [1.807, 2.05) is 18.2 Å². The van der Waals surface area contributed by atoms with Gasteiger partial charge in [0.25, 0.3) is 0 Å². The lowest BCUT2D eigenvalue weighted by atomic mass is 10.1. The van der Waals surface area contributed by atoms with E-state index in [4.69, 9.17) is 14.8 Å². The Bertz CT molecular complexity index is 612. The molecule has 0 amide bonds. The molecule has 0 aliphatic carbocycles. The molecule has 0 radical (unpaired) electrons. The smallest absolute Gasteiger partial charge is 0.222 e. The van der Waals surface area contributed by atoms with Crippen LogP contribution < -0.4 is 5.73 Å². The number of fused-ring (bicyclic) bond motifs is 1. The van der Waals surface area contributed by atoms with Gasteiger partial charge in [-0.15, -0.1) is 0 Å². The highest BCUT2D eigenvalue weighted by Crippen LogP contribution is 2.28. The molecule has 0 aliphatic rings. The monoisotopic (exact) mass is 201 g/mol. The van der Waals surface area contributed by atoms with Crippen LogP contribution in [0.25, 0.3) is 22.2 Å². The molecular weight excluding hydrogens is 194 g/mol. The first-order valence-electron chi connectivity index (χ1n) is 4.40. The van der Waals surface area contributed by atoms with Crippen LogP contribution in [0.2, 0.25) is 0 Å². The Balaban J connectivity index is 2.30. The van der Waals surface area contributed by atoms with Crippen molar-refractivity contribution in [2.45, 2.75) is 0 Å². The van der Waals surface area contributed by atoms with Gasteiger partial charge in [-0.1, -0.05) is 16.4 Å². The summed E-state index contributed by atoms with van der Waals surface area (Å²) in [5, 5.41) is 8.48. The van der Waals surface area contributed by atoms with E-state index < -0.39 is 0 Å². The fraction of sp³-hybridized carbons (Fsp3) is 0. The summed E-state index contributed by atoms with van der Waals surface area (Å²) in [6, 6.07) is 7.35. The van der Waals surface area contributed by atoms with Crippen molar-refractivity contribution in [3.63, 3.8) is 0 Å². The summed E-state index contributed by atoms with van der Waals surface area (Å²) in [6.45, 7) is 0. The first kappa shape index (κ1) is 8.05. The summed E-state index contributed by atoms with van der Waals surface area (Å²) in [4.78, 5) is 0. The van der Waals surface area contributed by atoms with Gasteiger partial charge < -0.3 is 14.8 Å². The summed E-state index contributed by atoms with van der Waals surface area (Å²) in [5.74, 6) is 0.279. The average Bonchev–Trinajstić information content (AvgIpc) is 2.84. The Morgan fingerprint density at radius 3 is 2.93 bits per heavy atom. The summed E-state index contributed by atoms with van der Waals surface area (Å²) < 4.78 is 9.95. The van der Waals surface area contributed by atoms with Crippen LogP contribution in [-0.2, 0) is 0 Å². The van der Waals surface area contributed by atoms with Crippen LogP contribution in [0.1, 0.15) is 0 Å². The predicted molar refractivity (Wildman–Crippen MR) is 53.9 cm³/mol. The standard InChI is InChI=1S/C10H7N3O2/c11-9-4-8(13-14-9)7-3-1-2-6-5-12-15-10(6)7/h1-5H,11H2. The summed E-state index contributed by atoms with van der Waals surface area (Å²) in [6.07, 6.45) is 1.66. The first-order valence-corrected chi connectivity index (χ1v) is 4.40. The number of hydrogen-bond donors (Lipinski definition) is 1. The zero-order valence-electron chi connectivity index (χ0n) is 7.68. The molecule has 0 unspecified atom stereocenters. The van der Waals surface area contributed by atoms with E-state index in [1.165, 1.54) is 0 Å². The van der Waals surface area contributed by atoms with Gasteiger partial charge in [-0.05, 0) is 12.1 Å². The Labute approximate surface area is 84.4 Å². The summed E-state index contributed by atoms with van der Waals surface area (Å²) >= 11 is 0. The molecule has 0 aliphatic heterocycles. The van der Waals surface area contributed by atoms with Gasteiger partial charge in [0, 0.05) is 17.0 Å². The van der Waals surface area contributed by atoms with Gasteiger partial charge in [-0.3, -0.25) is 0 Å². The molecule has 0 spiro atoms. The third-order valence-electron chi connectivity index (χ3n) is 2.19. The zero-order chi connectivity index (χ0) is 10.3. The van der Waals surface area contributed by atoms with Crippen LogP contribution >= 0.6 is 0 Å². The summed E-state index contributed by atoms with van der Waals surface area (Å²) in [7, 11) is 0. The fourth-order valence-electron chi connectivity index (χ4n) is 1.51. The molecule has 1 aromatic carbocycles. The van der Waals surface area contributed by atoms with Crippen LogP contribution in [0.5, 0.6) is 0 Å². The van der Waals surface area contributed by atoms with Crippen LogP contribution in [0, 0.1) is 0 Å². The number of hydrogen-bond acceptors (Lipinski definition) is 5. The molecule has 15 heavy (non-hydrogen) atoms. The van der Waals surface area contributed by atoms with Crippen molar-refractivity contribution in [2.24, 2.45) is 0 Å². The number of para-hydroxylation sites is 1. The van der Waals surface area contributed by atoms with E-state index in [0.717, 1.165) is 10.9 Å². The third kappa shape index (κ3) is 1.17. The number of nitrogen functional groups attached to an aromatic ring is 1. The van der Waals surface area contributed by atoms with Crippen molar-refractivity contribution in [3.05, 3.63) is 30.5 Å². The Hall–Kier alpha value is -2.30. The lowest BCUT2D eigenvalue weighted by molar-refractivity contribution is 0.438. The second kappa shape index (κ2) is 2.84. The third-order valence-corrected chi connectivity index (χ3v) is 2.19. The van der Waals surface area contributed by atoms with E-state index >= 15 is 0 Å². The molecule has 5 heteroatoms. The van der Waals surface area contributed by atoms with Crippen molar-refractivity contribution in [1.82, 2.24) is 10.3 Å². The number of rotatable bonds is 1.